The van der Waals surface area contributed by atoms with Gasteiger partial charge in [0.25, 0.3) is 11.1 Å². The molecule has 2 aliphatic heterocycles. The van der Waals surface area contributed by atoms with Crippen LogP contribution in [0.5, 0.6) is 11.5 Å². The summed E-state index contributed by atoms with van der Waals surface area (Å²) in [6.45, 7) is 30.7. The monoisotopic (exact) mass is 1280 g/mol. The number of rotatable bonds is 14. The molecule has 8 atom stereocenters. The van der Waals surface area contributed by atoms with Crippen LogP contribution in [-0.2, 0) is 49.0 Å². The van der Waals surface area contributed by atoms with Crippen molar-refractivity contribution >= 4 is 101 Å². The zero-order chi connectivity index (χ0) is 59.8. The maximum absolute atomic E-state index is 14.5. The van der Waals surface area contributed by atoms with E-state index in [-0.39, 0.29) is 53.3 Å². The molecule has 2 aromatic heterocycles. The van der Waals surface area contributed by atoms with Gasteiger partial charge < -0.3 is 33.3 Å². The van der Waals surface area contributed by atoms with E-state index >= 15 is 0 Å². The third-order valence-corrected chi connectivity index (χ3v) is 16.8. The Hall–Kier alpha value is -4.47. The van der Waals surface area contributed by atoms with Gasteiger partial charge in [-0.05, 0) is 127 Å². The molecule has 436 valence electrons. The topological polar surface area (TPSA) is 199 Å². The number of thiazole rings is 2. The fourth-order valence-electron chi connectivity index (χ4n) is 9.70. The zero-order valence-corrected chi connectivity index (χ0v) is 54.3. The molecule has 0 saturated carbocycles. The SMILES string of the molecule is CCOC(=O)[C@@H]1[C@H](c2nccs2)N(C(=O)c2ccc(C(C)(C)C)c(OC)c2)[C@](C)(C(=O)OC(C)(C)C)[C@H]1CBr.CCOC(=O)[C@@H]1[C@H](c2nccs2)N[C@](C)(C(=O)OC(C)(C)C)[C@H]1CBr.COc1cc(C(=O)Cl)ccc1C(C)(C)C. The van der Waals surface area contributed by atoms with Gasteiger partial charge in [0.2, 0.25) is 0 Å². The second-order valence-corrected chi connectivity index (χ2v) is 27.0. The van der Waals surface area contributed by atoms with Gasteiger partial charge in [0.15, 0.2) is 0 Å². The molecule has 1 N–H and O–H groups in total. The summed E-state index contributed by atoms with van der Waals surface area (Å²) in [6.07, 6.45) is 3.31. The van der Waals surface area contributed by atoms with Crippen LogP contribution < -0.4 is 14.8 Å². The zero-order valence-electron chi connectivity index (χ0n) is 48.8. The first-order chi connectivity index (χ1) is 36.6. The van der Waals surface area contributed by atoms with Crippen LogP contribution in [0.4, 0.5) is 0 Å². The molecule has 0 bridgehead atoms. The molecule has 0 aliphatic carbocycles. The minimum Gasteiger partial charge on any atom is -0.496 e. The van der Waals surface area contributed by atoms with Crippen molar-refractivity contribution < 1.29 is 57.2 Å². The van der Waals surface area contributed by atoms with E-state index in [1.165, 1.54) is 27.6 Å². The molecule has 2 saturated heterocycles. The van der Waals surface area contributed by atoms with Gasteiger partial charge in [-0.15, -0.1) is 22.7 Å². The summed E-state index contributed by atoms with van der Waals surface area (Å²) in [5.41, 5.74) is -1.41. The van der Waals surface area contributed by atoms with Gasteiger partial charge >= 0.3 is 23.9 Å². The third-order valence-electron chi connectivity index (χ3n) is 13.5. The summed E-state index contributed by atoms with van der Waals surface area (Å²) in [5.74, 6) is -3.31. The van der Waals surface area contributed by atoms with Gasteiger partial charge in [-0.25, -0.2) is 14.8 Å². The highest BCUT2D eigenvalue weighted by molar-refractivity contribution is 9.09. The van der Waals surface area contributed by atoms with E-state index in [1.807, 2.05) is 38.3 Å². The number of amides is 1. The van der Waals surface area contributed by atoms with Crippen molar-refractivity contribution in [2.24, 2.45) is 23.7 Å². The number of carbonyl (C=O) groups excluding carboxylic acids is 6. The van der Waals surface area contributed by atoms with Crippen LogP contribution in [-0.4, -0.2) is 110 Å². The van der Waals surface area contributed by atoms with E-state index in [1.54, 1.807) is 105 Å². The molecule has 1 amide bonds. The fourth-order valence-corrected chi connectivity index (χ4v) is 13.4. The number of likely N-dealkylation sites (tertiary alicyclic amines) is 1. The molecule has 16 nitrogen and oxygen atoms in total. The second kappa shape index (κ2) is 27.1. The quantitative estimate of drug-likeness (QED) is 0.0541. The fraction of sp³-hybridized carbons (Fsp3) is 0.586. The van der Waals surface area contributed by atoms with Crippen molar-refractivity contribution in [2.45, 2.75) is 156 Å². The number of hydrogen-bond donors (Lipinski definition) is 1. The molecule has 2 aliphatic rings. The molecule has 2 aromatic carbocycles. The number of ether oxygens (including phenoxy) is 6. The third kappa shape index (κ3) is 15.8. The predicted molar refractivity (Wildman–Crippen MR) is 316 cm³/mol. The van der Waals surface area contributed by atoms with Gasteiger partial charge in [-0.2, -0.15) is 0 Å². The van der Waals surface area contributed by atoms with Crippen LogP contribution in [0.3, 0.4) is 0 Å². The van der Waals surface area contributed by atoms with Crippen LogP contribution >= 0.6 is 66.1 Å². The highest BCUT2D eigenvalue weighted by Gasteiger charge is 2.66. The number of carbonyl (C=O) groups is 6. The molecule has 0 radical (unpaired) electrons. The lowest BCUT2D eigenvalue weighted by molar-refractivity contribution is -0.168. The maximum atomic E-state index is 14.5. The number of halogens is 3. The van der Waals surface area contributed by atoms with E-state index in [0.29, 0.717) is 33.0 Å². The van der Waals surface area contributed by atoms with E-state index in [4.69, 9.17) is 40.0 Å². The van der Waals surface area contributed by atoms with Gasteiger partial charge in [0.1, 0.15) is 43.8 Å². The number of aromatic nitrogens is 2. The lowest BCUT2D eigenvalue weighted by atomic mass is 9.80. The number of benzene rings is 2. The van der Waals surface area contributed by atoms with E-state index in [2.05, 4.69) is 88.7 Å². The molecule has 0 spiro atoms. The minimum atomic E-state index is -1.52. The van der Waals surface area contributed by atoms with Crippen molar-refractivity contribution in [1.29, 1.82) is 0 Å². The van der Waals surface area contributed by atoms with Crippen LogP contribution in [0.15, 0.2) is 59.6 Å². The summed E-state index contributed by atoms with van der Waals surface area (Å²) in [7, 11) is 3.16. The molecule has 4 heterocycles. The highest BCUT2D eigenvalue weighted by Crippen LogP contribution is 2.54. The van der Waals surface area contributed by atoms with Crippen molar-refractivity contribution in [3.05, 3.63) is 91.8 Å². The van der Waals surface area contributed by atoms with Crippen molar-refractivity contribution in [1.82, 2.24) is 20.2 Å². The molecular weight excluding hydrogens is 1200 g/mol. The van der Waals surface area contributed by atoms with Gasteiger partial charge in [-0.1, -0.05) is 85.5 Å². The summed E-state index contributed by atoms with van der Waals surface area (Å²) < 4.78 is 33.2. The number of nitrogens with zero attached hydrogens (tertiary/aromatic N) is 3. The molecule has 21 heteroatoms. The Morgan fingerprint density at radius 2 is 1.10 bits per heavy atom. The molecule has 6 rings (SSSR count). The first kappa shape index (κ1) is 67.0. The molecular formula is C58H79Br2ClN4O12S2. The number of methoxy groups -OCH3 is 2. The summed E-state index contributed by atoms with van der Waals surface area (Å²) >= 11 is 15.2. The Labute approximate surface area is 496 Å². The number of hydrogen-bond acceptors (Lipinski definition) is 17. The van der Waals surface area contributed by atoms with Gasteiger partial charge in [-0.3, -0.25) is 29.3 Å². The second-order valence-electron chi connectivity index (χ2n) is 23.5. The number of esters is 4. The summed E-state index contributed by atoms with van der Waals surface area (Å²) in [6, 6.07) is 9.35. The van der Waals surface area contributed by atoms with Crippen LogP contribution in [0, 0.1) is 23.7 Å². The smallest absolute Gasteiger partial charge is 0.332 e. The first-order valence-electron chi connectivity index (χ1n) is 26.0. The lowest BCUT2D eigenvalue weighted by Crippen LogP contribution is -2.57. The normalized spacial score (nSPS) is 23.0. The van der Waals surface area contributed by atoms with Crippen LogP contribution in [0.25, 0.3) is 0 Å². The average Bonchev–Trinajstić information content (AvgIpc) is 4.36. The van der Waals surface area contributed by atoms with Crippen LogP contribution in [0.2, 0.25) is 0 Å². The Kier molecular flexibility index (Phi) is 23.0. The number of alkyl halides is 2. The molecule has 2 fully saturated rings. The maximum Gasteiger partial charge on any atom is 0.332 e. The van der Waals surface area contributed by atoms with E-state index in [0.717, 1.165) is 16.1 Å². The molecule has 79 heavy (non-hydrogen) atoms. The Bertz CT molecular complexity index is 2750. The minimum absolute atomic E-state index is 0.0146. The standard InChI is InChI=1S/C29H39BrN2O6S.C17H25BrN2O4S.C12H15ClO2/c1-10-37-25(34)21-19(16-30)29(8,26(35)38-28(5,6)7)32(22(21)23-31-13-14-39-23)24(33)17-11-12-18(27(2,3)4)20(15-17)36-9;1-6-23-14(21)11-10(9-18)17(5,15(22)24-16(2,3)4)20-12(11)13-19-7-8-25-13;1-12(2,3)9-6-5-8(11(13)14)7-10(9)15-4/h11-15,19,21-22H,10,16H2,1-9H3;7-8,10-12,20H,6,9H2,1-5H3;5-7H,1-4H3/t19-,21-,22+,29-;10-,11-,12+,17-;/m00./s1. The van der Waals surface area contributed by atoms with Crippen LogP contribution in [0.1, 0.15) is 165 Å². The average molecular weight is 1280 g/mol. The first-order valence-corrected chi connectivity index (χ1v) is 30.4. The van der Waals surface area contributed by atoms with Gasteiger partial charge in [0.05, 0.1) is 51.4 Å². The largest absolute Gasteiger partial charge is 0.496 e. The highest BCUT2D eigenvalue weighted by atomic mass is 79.9. The lowest BCUT2D eigenvalue weighted by Gasteiger charge is -2.40. The van der Waals surface area contributed by atoms with Crippen molar-refractivity contribution in [3.63, 3.8) is 0 Å². The van der Waals surface area contributed by atoms with E-state index in [9.17, 15) is 28.8 Å². The summed E-state index contributed by atoms with van der Waals surface area (Å²) in [4.78, 5) is 88.9. The van der Waals surface area contributed by atoms with Crippen molar-refractivity contribution in [3.8, 4) is 11.5 Å². The molecule has 0 unspecified atom stereocenters. The summed E-state index contributed by atoms with van der Waals surface area (Å²) in [5, 5.41) is 8.51. The van der Waals surface area contributed by atoms with Gasteiger partial charge in [0, 0.05) is 56.8 Å². The Morgan fingerprint density at radius 3 is 1.51 bits per heavy atom. The van der Waals surface area contributed by atoms with Crippen molar-refractivity contribution in [2.75, 3.05) is 38.1 Å². The Balaban J connectivity index is 0.000000286. The molecule has 4 aromatic rings. The Morgan fingerprint density at radius 1 is 0.658 bits per heavy atom. The van der Waals surface area contributed by atoms with E-state index < -0.39 is 69.2 Å². The predicted octanol–water partition coefficient (Wildman–Crippen LogP) is 12.4. The number of nitrogens with one attached hydrogen (secondary N) is 1.